The van der Waals surface area contributed by atoms with E-state index >= 15 is 0 Å². The number of benzene rings is 2. The molecule has 0 saturated carbocycles. The molecule has 0 bridgehead atoms. The second kappa shape index (κ2) is 5.09. The Balaban J connectivity index is 2.07. The van der Waals surface area contributed by atoms with E-state index in [0.717, 1.165) is 22.2 Å². The zero-order valence-electron chi connectivity index (χ0n) is 13.0. The van der Waals surface area contributed by atoms with Gasteiger partial charge >= 0.3 is 0 Å². The van der Waals surface area contributed by atoms with Gasteiger partial charge in [-0.25, -0.2) is 0 Å². The minimum atomic E-state index is -0.398. The van der Waals surface area contributed by atoms with E-state index in [1.54, 1.807) is 24.3 Å². The number of H-pyrrole nitrogens is 1. The maximum atomic E-state index is 12.5. The number of aromatic nitrogens is 1. The Hall–Kier alpha value is -3.34. The lowest BCUT2D eigenvalue weighted by Gasteiger charge is -2.06. The van der Waals surface area contributed by atoms with Gasteiger partial charge in [-0.2, -0.15) is 0 Å². The highest BCUT2D eigenvalue weighted by atomic mass is 16.2. The zero-order valence-corrected chi connectivity index (χ0v) is 13.0. The van der Waals surface area contributed by atoms with Gasteiger partial charge in [-0.05, 0) is 30.7 Å². The van der Waals surface area contributed by atoms with Crippen LogP contribution in [0.15, 0.2) is 48.5 Å². The Morgan fingerprint density at radius 1 is 0.917 bits per heavy atom. The standard InChI is InChI=1S/C19H15N3O2/c1-10-15(13-7-2-3-8-14(13)21-10)17-16(18(23)22-19(17)24)11-5-4-6-12(20)9-11/h2-9,21H,20H2,1H3,(H,22,23,24). The molecule has 24 heavy (non-hydrogen) atoms. The number of nitrogens with two attached hydrogens (primary N) is 1. The van der Waals surface area contributed by atoms with Crippen LogP contribution in [0, 0.1) is 6.92 Å². The maximum absolute atomic E-state index is 12.5. The number of imide groups is 1. The Labute approximate surface area is 138 Å². The molecule has 0 saturated heterocycles. The Morgan fingerprint density at radius 3 is 2.46 bits per heavy atom. The number of anilines is 1. The van der Waals surface area contributed by atoms with E-state index in [1.807, 2.05) is 31.2 Å². The van der Waals surface area contributed by atoms with Gasteiger partial charge < -0.3 is 10.7 Å². The van der Waals surface area contributed by atoms with Crippen LogP contribution in [0.25, 0.3) is 22.0 Å². The number of carbonyl (C=O) groups excluding carboxylic acids is 2. The van der Waals surface area contributed by atoms with Crippen LogP contribution in [0.4, 0.5) is 5.69 Å². The van der Waals surface area contributed by atoms with Crippen molar-refractivity contribution in [2.24, 2.45) is 0 Å². The van der Waals surface area contributed by atoms with Gasteiger partial charge in [0.1, 0.15) is 0 Å². The molecule has 0 aliphatic carbocycles. The van der Waals surface area contributed by atoms with Crippen molar-refractivity contribution in [3.63, 3.8) is 0 Å². The van der Waals surface area contributed by atoms with Crippen molar-refractivity contribution >= 4 is 39.6 Å². The minimum Gasteiger partial charge on any atom is -0.399 e. The fraction of sp³-hybridized carbons (Fsp3) is 0.0526. The minimum absolute atomic E-state index is 0.361. The fourth-order valence-corrected chi connectivity index (χ4v) is 3.26. The van der Waals surface area contributed by atoms with Gasteiger partial charge in [-0.15, -0.1) is 0 Å². The molecule has 0 fully saturated rings. The third kappa shape index (κ3) is 2.02. The van der Waals surface area contributed by atoms with E-state index in [2.05, 4.69) is 10.3 Å². The van der Waals surface area contributed by atoms with Crippen molar-refractivity contribution < 1.29 is 9.59 Å². The molecule has 4 rings (SSSR count). The van der Waals surface area contributed by atoms with E-state index in [9.17, 15) is 9.59 Å². The molecule has 118 valence electrons. The first-order chi connectivity index (χ1) is 11.6. The first-order valence-electron chi connectivity index (χ1n) is 7.60. The quantitative estimate of drug-likeness (QED) is 0.501. The second-order valence-corrected chi connectivity index (χ2v) is 5.83. The van der Waals surface area contributed by atoms with Gasteiger partial charge in [-0.3, -0.25) is 14.9 Å². The van der Waals surface area contributed by atoms with Crippen LogP contribution in [0.1, 0.15) is 16.8 Å². The predicted molar refractivity (Wildman–Crippen MR) is 93.9 cm³/mol. The van der Waals surface area contributed by atoms with Crippen LogP contribution in [0.3, 0.4) is 0 Å². The van der Waals surface area contributed by atoms with Crippen LogP contribution in [-0.2, 0) is 9.59 Å². The molecular formula is C19H15N3O2. The van der Waals surface area contributed by atoms with Crippen LogP contribution < -0.4 is 11.1 Å². The first-order valence-corrected chi connectivity index (χ1v) is 7.60. The van der Waals surface area contributed by atoms with Crippen LogP contribution in [-0.4, -0.2) is 16.8 Å². The fourth-order valence-electron chi connectivity index (χ4n) is 3.26. The van der Waals surface area contributed by atoms with Gasteiger partial charge in [-0.1, -0.05) is 30.3 Å². The summed E-state index contributed by atoms with van der Waals surface area (Å²) < 4.78 is 0. The lowest BCUT2D eigenvalue weighted by Crippen LogP contribution is -2.22. The predicted octanol–water partition coefficient (Wildman–Crippen LogP) is 2.63. The number of carbonyl (C=O) groups is 2. The topological polar surface area (TPSA) is 88.0 Å². The Kier molecular flexibility index (Phi) is 3.03. The van der Waals surface area contributed by atoms with E-state index in [0.29, 0.717) is 22.4 Å². The van der Waals surface area contributed by atoms with Crippen molar-refractivity contribution in [3.05, 3.63) is 65.4 Å². The highest BCUT2D eigenvalue weighted by Gasteiger charge is 2.34. The largest absolute Gasteiger partial charge is 0.399 e. The second-order valence-electron chi connectivity index (χ2n) is 5.83. The van der Waals surface area contributed by atoms with Crippen molar-refractivity contribution in [2.75, 3.05) is 5.73 Å². The summed E-state index contributed by atoms with van der Waals surface area (Å²) in [6.07, 6.45) is 0. The van der Waals surface area contributed by atoms with Gasteiger partial charge in [0, 0.05) is 27.8 Å². The molecule has 5 heteroatoms. The molecule has 1 aliphatic rings. The lowest BCUT2D eigenvalue weighted by molar-refractivity contribution is -0.122. The number of amides is 2. The number of para-hydroxylation sites is 1. The number of hydrogen-bond donors (Lipinski definition) is 3. The third-order valence-corrected chi connectivity index (χ3v) is 4.25. The summed E-state index contributed by atoms with van der Waals surface area (Å²) in [5.41, 5.74) is 10.3. The number of rotatable bonds is 2. The summed E-state index contributed by atoms with van der Waals surface area (Å²) >= 11 is 0. The van der Waals surface area contributed by atoms with E-state index in [4.69, 9.17) is 5.73 Å². The van der Waals surface area contributed by atoms with E-state index in [1.165, 1.54) is 0 Å². The smallest absolute Gasteiger partial charge is 0.259 e. The monoisotopic (exact) mass is 317 g/mol. The van der Waals surface area contributed by atoms with Crippen LogP contribution >= 0.6 is 0 Å². The van der Waals surface area contributed by atoms with Gasteiger partial charge in [0.15, 0.2) is 0 Å². The molecule has 2 heterocycles. The average molecular weight is 317 g/mol. The highest BCUT2D eigenvalue weighted by molar-refractivity contribution is 6.50. The summed E-state index contributed by atoms with van der Waals surface area (Å²) in [5.74, 6) is -0.782. The highest BCUT2D eigenvalue weighted by Crippen LogP contribution is 2.37. The molecule has 3 aromatic rings. The molecular weight excluding hydrogens is 302 g/mol. The molecule has 0 radical (unpaired) electrons. The number of aromatic amines is 1. The summed E-state index contributed by atoms with van der Waals surface area (Å²) in [5, 5.41) is 3.32. The van der Waals surface area contributed by atoms with Gasteiger partial charge in [0.2, 0.25) is 0 Å². The molecule has 1 aliphatic heterocycles. The number of nitrogen functional groups attached to an aromatic ring is 1. The van der Waals surface area contributed by atoms with E-state index < -0.39 is 5.91 Å². The van der Waals surface area contributed by atoms with Crippen LogP contribution in [0.2, 0.25) is 0 Å². The zero-order chi connectivity index (χ0) is 16.8. The maximum Gasteiger partial charge on any atom is 0.259 e. The Bertz CT molecular complexity index is 1040. The SMILES string of the molecule is Cc1[nH]c2ccccc2c1C1=C(c2cccc(N)c2)C(=O)NC1=O. The molecule has 2 aromatic carbocycles. The molecule has 0 atom stereocenters. The number of aryl methyl sites for hydroxylation is 1. The number of nitrogens with one attached hydrogen (secondary N) is 2. The third-order valence-electron chi connectivity index (χ3n) is 4.25. The van der Waals surface area contributed by atoms with Crippen molar-refractivity contribution in [2.45, 2.75) is 6.92 Å². The summed E-state index contributed by atoms with van der Waals surface area (Å²) in [6.45, 7) is 1.90. The average Bonchev–Trinajstić information content (AvgIpc) is 3.02. The number of fused-ring (bicyclic) bond motifs is 1. The van der Waals surface area contributed by atoms with Crippen LogP contribution in [0.5, 0.6) is 0 Å². The molecule has 1 aromatic heterocycles. The summed E-state index contributed by atoms with van der Waals surface area (Å²) in [4.78, 5) is 28.2. The van der Waals surface area contributed by atoms with Crippen molar-refractivity contribution in [3.8, 4) is 0 Å². The molecule has 0 spiro atoms. The van der Waals surface area contributed by atoms with E-state index in [-0.39, 0.29) is 5.91 Å². The van der Waals surface area contributed by atoms with Crippen molar-refractivity contribution in [1.29, 1.82) is 0 Å². The molecule has 0 unspecified atom stereocenters. The Morgan fingerprint density at radius 2 is 1.67 bits per heavy atom. The molecule has 2 amide bonds. The number of hydrogen-bond acceptors (Lipinski definition) is 3. The van der Waals surface area contributed by atoms with Gasteiger partial charge in [0.25, 0.3) is 11.8 Å². The van der Waals surface area contributed by atoms with Crippen molar-refractivity contribution in [1.82, 2.24) is 10.3 Å². The molecule has 4 N–H and O–H groups in total. The molecule has 5 nitrogen and oxygen atoms in total. The first kappa shape index (κ1) is 14.3. The summed E-state index contributed by atoms with van der Waals surface area (Å²) in [6, 6.07) is 14.7. The van der Waals surface area contributed by atoms with Gasteiger partial charge in [0.05, 0.1) is 11.1 Å². The summed E-state index contributed by atoms with van der Waals surface area (Å²) in [7, 11) is 0. The normalized spacial score (nSPS) is 14.5. The lowest BCUT2D eigenvalue weighted by atomic mass is 9.94.